The van der Waals surface area contributed by atoms with Gasteiger partial charge in [0.1, 0.15) is 12.4 Å². The van der Waals surface area contributed by atoms with E-state index in [1.54, 1.807) is 7.11 Å². The molecule has 0 unspecified atom stereocenters. The third-order valence-corrected chi connectivity index (χ3v) is 2.35. The molecule has 0 aromatic heterocycles. The van der Waals surface area contributed by atoms with Gasteiger partial charge in [0.15, 0.2) is 0 Å². The number of methoxy groups -OCH3 is 1. The van der Waals surface area contributed by atoms with Crippen LogP contribution < -0.4 is 10.1 Å². The van der Waals surface area contributed by atoms with Crippen molar-refractivity contribution in [2.45, 2.75) is 12.8 Å². The molecule has 90 valence electrons. The van der Waals surface area contributed by atoms with E-state index in [9.17, 15) is 0 Å². The first-order chi connectivity index (χ1) is 7.86. The first-order valence-corrected chi connectivity index (χ1v) is 5.72. The fourth-order valence-electron chi connectivity index (χ4n) is 1.50. The summed E-state index contributed by atoms with van der Waals surface area (Å²) < 4.78 is 10.5. The zero-order chi connectivity index (χ0) is 11.6. The van der Waals surface area contributed by atoms with Gasteiger partial charge in [0.2, 0.25) is 0 Å². The Kier molecular flexibility index (Phi) is 6.61. The second kappa shape index (κ2) is 8.13. The molecular weight excluding hydrogens is 202 g/mol. The van der Waals surface area contributed by atoms with E-state index in [0.717, 1.165) is 25.1 Å². The van der Waals surface area contributed by atoms with Crippen molar-refractivity contribution >= 4 is 0 Å². The Bertz CT molecular complexity index is 264. The average molecular weight is 223 g/mol. The number of aryl methyl sites for hydroxylation is 1. The molecular formula is C13H21NO2. The van der Waals surface area contributed by atoms with Gasteiger partial charge in [0.25, 0.3) is 0 Å². The molecule has 0 radical (unpaired) electrons. The first-order valence-electron chi connectivity index (χ1n) is 5.72. The van der Waals surface area contributed by atoms with Crippen LogP contribution in [0.1, 0.15) is 12.0 Å². The monoisotopic (exact) mass is 223 g/mol. The maximum Gasteiger partial charge on any atom is 0.119 e. The van der Waals surface area contributed by atoms with Gasteiger partial charge in [-0.15, -0.1) is 0 Å². The molecule has 0 amide bonds. The van der Waals surface area contributed by atoms with Gasteiger partial charge in [-0.2, -0.15) is 0 Å². The highest BCUT2D eigenvalue weighted by Crippen LogP contribution is 2.14. The summed E-state index contributed by atoms with van der Waals surface area (Å²) in [4.78, 5) is 0. The number of hydrogen-bond acceptors (Lipinski definition) is 3. The molecule has 16 heavy (non-hydrogen) atoms. The van der Waals surface area contributed by atoms with Gasteiger partial charge in [-0.05, 0) is 44.1 Å². The van der Waals surface area contributed by atoms with Crippen LogP contribution in [0.4, 0.5) is 0 Å². The lowest BCUT2D eigenvalue weighted by Crippen LogP contribution is -2.08. The van der Waals surface area contributed by atoms with E-state index in [0.29, 0.717) is 13.2 Å². The van der Waals surface area contributed by atoms with Gasteiger partial charge < -0.3 is 14.8 Å². The lowest BCUT2D eigenvalue weighted by molar-refractivity contribution is 0.146. The Morgan fingerprint density at radius 1 is 1.25 bits per heavy atom. The van der Waals surface area contributed by atoms with Gasteiger partial charge >= 0.3 is 0 Å². The molecule has 0 aliphatic heterocycles. The first kappa shape index (κ1) is 13.0. The van der Waals surface area contributed by atoms with E-state index in [1.165, 1.54) is 5.56 Å². The van der Waals surface area contributed by atoms with Crippen LogP contribution in [-0.4, -0.2) is 33.9 Å². The molecule has 3 heteroatoms. The topological polar surface area (TPSA) is 30.5 Å². The van der Waals surface area contributed by atoms with Crippen molar-refractivity contribution in [2.75, 3.05) is 33.9 Å². The molecule has 0 aliphatic carbocycles. The van der Waals surface area contributed by atoms with E-state index < -0.39 is 0 Å². The Morgan fingerprint density at radius 2 is 2.12 bits per heavy atom. The van der Waals surface area contributed by atoms with Crippen molar-refractivity contribution in [1.29, 1.82) is 0 Å². The van der Waals surface area contributed by atoms with Crippen molar-refractivity contribution in [3.8, 4) is 5.75 Å². The molecule has 0 spiro atoms. The molecule has 0 atom stereocenters. The normalized spacial score (nSPS) is 10.4. The number of benzene rings is 1. The summed E-state index contributed by atoms with van der Waals surface area (Å²) in [5.41, 5.74) is 1.32. The third-order valence-electron chi connectivity index (χ3n) is 2.35. The predicted octanol–water partition coefficient (Wildman–Crippen LogP) is 1.86. The standard InChI is InChI=1S/C13H21NO2/c1-14-8-4-6-12-5-3-7-13(11-12)16-10-9-15-2/h3,5,7,11,14H,4,6,8-10H2,1-2H3. The van der Waals surface area contributed by atoms with E-state index >= 15 is 0 Å². The van der Waals surface area contributed by atoms with Crippen LogP contribution in [0.3, 0.4) is 0 Å². The fourth-order valence-corrected chi connectivity index (χ4v) is 1.50. The van der Waals surface area contributed by atoms with Crippen LogP contribution in [0.15, 0.2) is 24.3 Å². The lowest BCUT2D eigenvalue weighted by atomic mass is 10.1. The van der Waals surface area contributed by atoms with Crippen LogP contribution >= 0.6 is 0 Å². The molecule has 0 fully saturated rings. The van der Waals surface area contributed by atoms with Crippen LogP contribution in [0.5, 0.6) is 5.75 Å². The minimum Gasteiger partial charge on any atom is -0.491 e. The number of nitrogens with one attached hydrogen (secondary N) is 1. The zero-order valence-electron chi connectivity index (χ0n) is 10.2. The maximum atomic E-state index is 5.55. The molecule has 1 N–H and O–H groups in total. The predicted molar refractivity (Wildman–Crippen MR) is 66.1 cm³/mol. The number of hydrogen-bond donors (Lipinski definition) is 1. The summed E-state index contributed by atoms with van der Waals surface area (Å²) in [6.45, 7) is 2.29. The van der Waals surface area contributed by atoms with Crippen molar-refractivity contribution in [2.24, 2.45) is 0 Å². The molecule has 1 aromatic carbocycles. The van der Waals surface area contributed by atoms with Crippen molar-refractivity contribution in [3.05, 3.63) is 29.8 Å². The van der Waals surface area contributed by atoms with Crippen LogP contribution in [0.25, 0.3) is 0 Å². The van der Waals surface area contributed by atoms with Gasteiger partial charge in [-0.25, -0.2) is 0 Å². The summed E-state index contributed by atoms with van der Waals surface area (Å²) in [6, 6.07) is 8.26. The molecule has 0 saturated carbocycles. The minimum atomic E-state index is 0.608. The SMILES string of the molecule is CNCCCc1cccc(OCCOC)c1. The minimum absolute atomic E-state index is 0.608. The second-order valence-electron chi connectivity index (χ2n) is 3.70. The Balaban J connectivity index is 2.37. The van der Waals surface area contributed by atoms with Crippen LogP contribution in [-0.2, 0) is 11.2 Å². The maximum absolute atomic E-state index is 5.55. The molecule has 1 aromatic rings. The zero-order valence-corrected chi connectivity index (χ0v) is 10.2. The summed E-state index contributed by atoms with van der Waals surface area (Å²) in [7, 11) is 3.65. The highest BCUT2D eigenvalue weighted by molar-refractivity contribution is 5.28. The largest absolute Gasteiger partial charge is 0.491 e. The average Bonchev–Trinajstić information content (AvgIpc) is 2.30. The van der Waals surface area contributed by atoms with Gasteiger partial charge in [-0.1, -0.05) is 12.1 Å². The molecule has 0 heterocycles. The van der Waals surface area contributed by atoms with Gasteiger partial charge in [-0.3, -0.25) is 0 Å². The molecule has 0 saturated heterocycles. The Labute approximate surface area is 97.8 Å². The Morgan fingerprint density at radius 3 is 2.88 bits per heavy atom. The lowest BCUT2D eigenvalue weighted by Gasteiger charge is -2.07. The van der Waals surface area contributed by atoms with E-state index in [1.807, 2.05) is 19.2 Å². The highest BCUT2D eigenvalue weighted by Gasteiger charge is 1.97. The molecule has 0 aliphatic rings. The molecule has 3 nitrogen and oxygen atoms in total. The van der Waals surface area contributed by atoms with Crippen LogP contribution in [0, 0.1) is 0 Å². The van der Waals surface area contributed by atoms with Crippen molar-refractivity contribution in [1.82, 2.24) is 5.32 Å². The smallest absolute Gasteiger partial charge is 0.119 e. The quantitative estimate of drug-likeness (QED) is 0.682. The highest BCUT2D eigenvalue weighted by atomic mass is 16.5. The van der Waals surface area contributed by atoms with E-state index in [2.05, 4.69) is 17.4 Å². The summed E-state index contributed by atoms with van der Waals surface area (Å²) >= 11 is 0. The third kappa shape index (κ3) is 5.14. The number of rotatable bonds is 8. The van der Waals surface area contributed by atoms with E-state index in [4.69, 9.17) is 9.47 Å². The van der Waals surface area contributed by atoms with Gasteiger partial charge in [0.05, 0.1) is 6.61 Å². The second-order valence-corrected chi connectivity index (χ2v) is 3.70. The molecule has 0 bridgehead atoms. The summed E-state index contributed by atoms with van der Waals surface area (Å²) in [5, 5.41) is 3.15. The number of ether oxygens (including phenoxy) is 2. The Hall–Kier alpha value is -1.06. The van der Waals surface area contributed by atoms with E-state index in [-0.39, 0.29) is 0 Å². The molecule has 1 rings (SSSR count). The van der Waals surface area contributed by atoms with Gasteiger partial charge in [0, 0.05) is 7.11 Å². The van der Waals surface area contributed by atoms with Crippen LogP contribution in [0.2, 0.25) is 0 Å². The summed E-state index contributed by atoms with van der Waals surface area (Å²) in [5.74, 6) is 0.930. The fraction of sp³-hybridized carbons (Fsp3) is 0.538. The summed E-state index contributed by atoms with van der Waals surface area (Å²) in [6.07, 6.45) is 2.24. The van der Waals surface area contributed by atoms with Crippen molar-refractivity contribution in [3.63, 3.8) is 0 Å². The van der Waals surface area contributed by atoms with Crippen molar-refractivity contribution < 1.29 is 9.47 Å².